The van der Waals surface area contributed by atoms with Crippen LogP contribution in [0.25, 0.3) is 16.7 Å². The van der Waals surface area contributed by atoms with E-state index in [9.17, 15) is 14.0 Å². The van der Waals surface area contributed by atoms with Gasteiger partial charge in [-0.05, 0) is 84.9 Å². The Morgan fingerprint density at radius 2 is 1.64 bits per heavy atom. The average Bonchev–Trinajstić information content (AvgIpc) is 3.82. The Hall–Kier alpha value is -4.94. The summed E-state index contributed by atoms with van der Waals surface area (Å²) in [5.74, 6) is -0.0286. The number of esters is 1. The lowest BCUT2D eigenvalue weighted by molar-refractivity contribution is -0.156. The fourth-order valence-electron chi connectivity index (χ4n) is 6.17. The average molecular weight is 689 g/mol. The third kappa shape index (κ3) is 8.09. The number of carbonyl (C=O) groups excluding carboxylic acids is 2. The Bertz CT molecular complexity index is 1840. The molecule has 2 aromatic heterocycles. The second-order valence-electron chi connectivity index (χ2n) is 14.7. The standard InChI is InChI=1S/C37H45FN6O6/c1-36(2,3)49-33(45)29-15-11-19-43(29)34-40-31-27(32(41-34)48-22-24-12-8-7-9-13-24)21-39-44(31)28-17-16-25(38)20-30(28)47-23-26-14-10-18-42(26)35(46)50-37(4,5)6/h7-9,12-13,16-17,20-21,26,29H,10-11,14-15,18-19,22-23H2,1-6H3/t26?,29-/m0/s1. The molecule has 2 aliphatic heterocycles. The number of likely N-dealkylation sites (tertiary alicyclic amines) is 1. The van der Waals surface area contributed by atoms with Crippen LogP contribution in [0.5, 0.6) is 11.6 Å². The number of rotatable bonds is 9. The van der Waals surface area contributed by atoms with Crippen molar-refractivity contribution in [1.29, 1.82) is 0 Å². The first-order chi connectivity index (χ1) is 23.8. The summed E-state index contributed by atoms with van der Waals surface area (Å²) in [4.78, 5) is 39.4. The second kappa shape index (κ2) is 14.1. The maximum absolute atomic E-state index is 14.7. The Morgan fingerprint density at radius 1 is 0.900 bits per heavy atom. The van der Waals surface area contributed by atoms with Crippen molar-refractivity contribution in [2.45, 2.75) is 97.1 Å². The van der Waals surface area contributed by atoms with Crippen LogP contribution in [0.3, 0.4) is 0 Å². The molecule has 2 aromatic carbocycles. The molecule has 0 spiro atoms. The summed E-state index contributed by atoms with van der Waals surface area (Å²) in [5, 5.41) is 5.17. The monoisotopic (exact) mass is 688 g/mol. The van der Waals surface area contributed by atoms with Crippen LogP contribution in [0, 0.1) is 5.82 Å². The van der Waals surface area contributed by atoms with E-state index in [1.807, 2.05) is 76.8 Å². The van der Waals surface area contributed by atoms with E-state index in [0.29, 0.717) is 48.1 Å². The molecule has 2 saturated heterocycles. The molecule has 13 heteroatoms. The minimum atomic E-state index is -0.653. The van der Waals surface area contributed by atoms with E-state index >= 15 is 0 Å². The first-order valence-corrected chi connectivity index (χ1v) is 17.1. The summed E-state index contributed by atoms with van der Waals surface area (Å²) in [7, 11) is 0. The molecule has 2 aliphatic rings. The maximum Gasteiger partial charge on any atom is 0.410 e. The van der Waals surface area contributed by atoms with E-state index in [1.54, 1.807) is 21.8 Å². The predicted molar refractivity (Wildman–Crippen MR) is 185 cm³/mol. The number of nitrogens with zero attached hydrogens (tertiary/aromatic N) is 6. The highest BCUT2D eigenvalue weighted by atomic mass is 19.1. The zero-order valence-corrected chi connectivity index (χ0v) is 29.5. The molecular weight excluding hydrogens is 643 g/mol. The lowest BCUT2D eigenvalue weighted by atomic mass is 10.1. The van der Waals surface area contributed by atoms with Crippen LogP contribution in [-0.4, -0.2) is 79.7 Å². The minimum Gasteiger partial charge on any atom is -0.489 e. The minimum absolute atomic E-state index is 0.131. The molecule has 0 radical (unpaired) electrons. The van der Waals surface area contributed by atoms with Crippen LogP contribution in [0.15, 0.2) is 54.7 Å². The van der Waals surface area contributed by atoms with Gasteiger partial charge in [0.1, 0.15) is 53.1 Å². The van der Waals surface area contributed by atoms with Crippen molar-refractivity contribution in [2.24, 2.45) is 0 Å². The quantitative estimate of drug-likeness (QED) is 0.177. The van der Waals surface area contributed by atoms with Gasteiger partial charge >= 0.3 is 12.1 Å². The van der Waals surface area contributed by atoms with Crippen LogP contribution < -0.4 is 14.4 Å². The Morgan fingerprint density at radius 3 is 2.38 bits per heavy atom. The number of carbonyl (C=O) groups is 2. The molecule has 0 saturated carbocycles. The molecule has 266 valence electrons. The predicted octanol–water partition coefficient (Wildman–Crippen LogP) is 6.62. The van der Waals surface area contributed by atoms with Crippen molar-refractivity contribution >= 4 is 29.0 Å². The van der Waals surface area contributed by atoms with Crippen molar-refractivity contribution in [3.05, 3.63) is 66.1 Å². The summed E-state index contributed by atoms with van der Waals surface area (Å²) in [5.41, 5.74) is 0.490. The van der Waals surface area contributed by atoms with Gasteiger partial charge in [-0.15, -0.1) is 0 Å². The maximum atomic E-state index is 14.7. The summed E-state index contributed by atoms with van der Waals surface area (Å²) < 4.78 is 40.2. The van der Waals surface area contributed by atoms with E-state index in [1.165, 1.54) is 12.1 Å². The van der Waals surface area contributed by atoms with Crippen molar-refractivity contribution in [3.63, 3.8) is 0 Å². The molecule has 0 N–H and O–H groups in total. The van der Waals surface area contributed by atoms with E-state index < -0.39 is 29.2 Å². The summed E-state index contributed by atoms with van der Waals surface area (Å²) in [6.45, 7) is 12.5. The van der Waals surface area contributed by atoms with Gasteiger partial charge in [0, 0.05) is 19.2 Å². The molecule has 0 aliphatic carbocycles. The van der Waals surface area contributed by atoms with E-state index in [0.717, 1.165) is 24.8 Å². The highest BCUT2D eigenvalue weighted by Crippen LogP contribution is 2.34. The first kappa shape index (κ1) is 34.9. The largest absolute Gasteiger partial charge is 0.489 e. The third-order valence-corrected chi connectivity index (χ3v) is 8.38. The van der Waals surface area contributed by atoms with Crippen LogP contribution in [0.4, 0.5) is 15.1 Å². The highest BCUT2D eigenvalue weighted by molar-refractivity contribution is 5.85. The lowest BCUT2D eigenvalue weighted by Crippen LogP contribution is -2.42. The van der Waals surface area contributed by atoms with Gasteiger partial charge in [-0.1, -0.05) is 30.3 Å². The fourth-order valence-corrected chi connectivity index (χ4v) is 6.17. The molecule has 12 nitrogen and oxygen atoms in total. The SMILES string of the molecule is CC(C)(C)OC(=O)[C@@H]1CCCN1c1nc(OCc2ccccc2)c2cnn(-c3ccc(F)cc3OCC3CCCN3C(=O)OC(C)(C)C)c2n1. The molecule has 50 heavy (non-hydrogen) atoms. The van der Waals surface area contributed by atoms with Gasteiger partial charge in [0.15, 0.2) is 5.65 Å². The molecule has 1 unspecified atom stereocenters. The Labute approximate surface area is 291 Å². The zero-order valence-electron chi connectivity index (χ0n) is 29.5. The number of fused-ring (bicyclic) bond motifs is 1. The summed E-state index contributed by atoms with van der Waals surface area (Å²) in [6, 6.07) is 13.1. The number of anilines is 1. The number of ether oxygens (including phenoxy) is 4. The van der Waals surface area contributed by atoms with E-state index in [-0.39, 0.29) is 31.0 Å². The number of hydrogen-bond acceptors (Lipinski definition) is 10. The lowest BCUT2D eigenvalue weighted by Gasteiger charge is -2.28. The van der Waals surface area contributed by atoms with Crippen molar-refractivity contribution in [2.75, 3.05) is 24.6 Å². The topological polar surface area (TPSA) is 121 Å². The van der Waals surface area contributed by atoms with E-state index in [4.69, 9.17) is 28.9 Å². The molecule has 4 heterocycles. The van der Waals surface area contributed by atoms with E-state index in [2.05, 4.69) is 5.10 Å². The molecule has 4 aromatic rings. The highest BCUT2D eigenvalue weighted by Gasteiger charge is 2.37. The van der Waals surface area contributed by atoms with Gasteiger partial charge in [0.25, 0.3) is 0 Å². The smallest absolute Gasteiger partial charge is 0.410 e. The normalized spacial score (nSPS) is 18.1. The second-order valence-corrected chi connectivity index (χ2v) is 14.7. The third-order valence-electron chi connectivity index (χ3n) is 8.38. The molecule has 0 bridgehead atoms. The van der Waals surface area contributed by atoms with Crippen LogP contribution in [0.2, 0.25) is 0 Å². The Balaban J connectivity index is 1.35. The number of hydrogen-bond donors (Lipinski definition) is 0. The van der Waals surface area contributed by atoms with Gasteiger partial charge in [0.2, 0.25) is 11.8 Å². The van der Waals surface area contributed by atoms with Crippen molar-refractivity contribution < 1.29 is 32.9 Å². The summed E-state index contributed by atoms with van der Waals surface area (Å²) in [6.07, 6.45) is 4.07. The van der Waals surface area contributed by atoms with Gasteiger partial charge in [-0.3, -0.25) is 0 Å². The van der Waals surface area contributed by atoms with Gasteiger partial charge in [-0.25, -0.2) is 18.7 Å². The molecule has 6 rings (SSSR count). The zero-order chi connectivity index (χ0) is 35.6. The summed E-state index contributed by atoms with van der Waals surface area (Å²) >= 11 is 0. The molecule has 2 atom stereocenters. The van der Waals surface area contributed by atoms with Crippen molar-refractivity contribution in [1.82, 2.24) is 24.6 Å². The number of aromatic nitrogens is 4. The molecule has 1 amide bonds. The number of halogens is 1. The van der Waals surface area contributed by atoms with Gasteiger partial charge in [-0.2, -0.15) is 15.1 Å². The van der Waals surface area contributed by atoms with Crippen LogP contribution in [0.1, 0.15) is 72.8 Å². The van der Waals surface area contributed by atoms with Gasteiger partial charge in [0.05, 0.1) is 12.2 Å². The molecular formula is C37H45FN6O6. The number of amides is 1. The fraction of sp³-hybridized carbons (Fsp3) is 0.486. The van der Waals surface area contributed by atoms with Gasteiger partial charge < -0.3 is 28.7 Å². The number of benzene rings is 2. The van der Waals surface area contributed by atoms with Crippen molar-refractivity contribution in [3.8, 4) is 17.3 Å². The Kier molecular flexibility index (Phi) is 9.86. The first-order valence-electron chi connectivity index (χ1n) is 17.1. The van der Waals surface area contributed by atoms with Crippen LogP contribution in [-0.2, 0) is 20.9 Å². The molecule has 2 fully saturated rings. The van der Waals surface area contributed by atoms with Crippen LogP contribution >= 0.6 is 0 Å².